The van der Waals surface area contributed by atoms with E-state index < -0.39 is 0 Å². The molecule has 1 heterocycles. The highest BCUT2D eigenvalue weighted by molar-refractivity contribution is 6.40. The van der Waals surface area contributed by atoms with Gasteiger partial charge in [0.25, 0.3) is 0 Å². The zero-order chi connectivity index (χ0) is 14.8. The van der Waals surface area contributed by atoms with Crippen LogP contribution in [-0.4, -0.2) is 16.2 Å². The molecule has 0 amide bonds. The Hall–Kier alpha value is -1.19. The van der Waals surface area contributed by atoms with Crippen molar-refractivity contribution in [1.29, 1.82) is 0 Å². The van der Waals surface area contributed by atoms with Crippen LogP contribution in [0.2, 0.25) is 10.3 Å². The second-order valence-corrected chi connectivity index (χ2v) is 6.36. The van der Waals surface area contributed by atoms with Crippen LogP contribution >= 0.6 is 23.2 Å². The van der Waals surface area contributed by atoms with E-state index in [2.05, 4.69) is 37.9 Å². The number of hydrogen-bond acceptors (Lipinski definition) is 2. The van der Waals surface area contributed by atoms with E-state index in [-0.39, 0.29) is 5.41 Å². The molecular weight excluding hydrogens is 295 g/mol. The van der Waals surface area contributed by atoms with Crippen LogP contribution in [0.4, 0.5) is 0 Å². The van der Waals surface area contributed by atoms with Crippen LogP contribution in [0.15, 0.2) is 30.6 Å². The van der Waals surface area contributed by atoms with Crippen LogP contribution in [-0.2, 0) is 12.0 Å². The van der Waals surface area contributed by atoms with Crippen molar-refractivity contribution in [2.24, 2.45) is 0 Å². The van der Waals surface area contributed by atoms with Gasteiger partial charge in [-0.05, 0) is 23.1 Å². The summed E-state index contributed by atoms with van der Waals surface area (Å²) in [6.45, 7) is 7.69. The molecule has 0 saturated carbocycles. The second kappa shape index (κ2) is 6.06. The van der Waals surface area contributed by atoms with Gasteiger partial charge in [0.15, 0.2) is 5.15 Å². The number of hydrogen-bond donors (Lipinski definition) is 0. The first kappa shape index (κ1) is 15.2. The molecule has 0 N–H and O–H groups in total. The summed E-state index contributed by atoms with van der Waals surface area (Å²) in [5, 5.41) is 0.763. The molecule has 1 aromatic heterocycles. The third-order valence-electron chi connectivity index (χ3n) is 3.05. The number of imidazole rings is 1. The van der Waals surface area contributed by atoms with Crippen molar-refractivity contribution in [2.75, 3.05) is 6.61 Å². The Labute approximate surface area is 129 Å². The minimum absolute atomic E-state index is 0.152. The minimum atomic E-state index is 0.152. The summed E-state index contributed by atoms with van der Waals surface area (Å²) in [5.41, 5.74) is 1.44. The van der Waals surface area contributed by atoms with Gasteiger partial charge in [-0.3, -0.25) is 0 Å². The predicted octanol–water partition coefficient (Wildman–Crippen LogP) is 4.57. The van der Waals surface area contributed by atoms with Crippen LogP contribution in [0.3, 0.4) is 0 Å². The summed E-state index contributed by atoms with van der Waals surface area (Å²) in [6.07, 6.45) is 1.61. The van der Waals surface area contributed by atoms with Crippen molar-refractivity contribution in [3.8, 4) is 5.75 Å². The zero-order valence-electron chi connectivity index (χ0n) is 11.9. The van der Waals surface area contributed by atoms with Gasteiger partial charge in [-0.1, -0.05) is 56.1 Å². The summed E-state index contributed by atoms with van der Waals surface area (Å²) in [4.78, 5) is 3.92. The topological polar surface area (TPSA) is 27.1 Å². The first-order chi connectivity index (χ1) is 9.38. The van der Waals surface area contributed by atoms with Crippen molar-refractivity contribution < 1.29 is 4.74 Å². The molecule has 0 spiro atoms. The van der Waals surface area contributed by atoms with Gasteiger partial charge in [-0.2, -0.15) is 0 Å². The summed E-state index contributed by atoms with van der Waals surface area (Å²) < 4.78 is 7.45. The van der Waals surface area contributed by atoms with Crippen molar-refractivity contribution in [1.82, 2.24) is 9.55 Å². The smallest absolute Gasteiger partial charge is 0.166 e. The maximum atomic E-state index is 5.97. The first-order valence-corrected chi connectivity index (χ1v) is 7.23. The summed E-state index contributed by atoms with van der Waals surface area (Å²) in [6, 6.07) is 8.17. The quantitative estimate of drug-likeness (QED) is 0.827. The molecule has 0 unspecified atom stereocenters. The molecule has 2 aromatic rings. The Bertz CT molecular complexity index is 571. The summed E-state index contributed by atoms with van der Waals surface area (Å²) >= 11 is 11.8. The predicted molar refractivity (Wildman–Crippen MR) is 82.9 cm³/mol. The molecule has 0 aliphatic carbocycles. The maximum Gasteiger partial charge on any atom is 0.166 e. The third kappa shape index (κ3) is 3.68. The fraction of sp³-hybridized carbons (Fsp3) is 0.400. The number of ether oxygens (including phenoxy) is 1. The van der Waals surface area contributed by atoms with Gasteiger partial charge in [0.05, 0.1) is 12.9 Å². The monoisotopic (exact) mass is 312 g/mol. The molecule has 0 saturated heterocycles. The van der Waals surface area contributed by atoms with Gasteiger partial charge in [0, 0.05) is 0 Å². The van der Waals surface area contributed by atoms with E-state index in [1.165, 1.54) is 5.56 Å². The van der Waals surface area contributed by atoms with Crippen molar-refractivity contribution in [3.05, 3.63) is 46.5 Å². The summed E-state index contributed by atoms with van der Waals surface area (Å²) in [5.74, 6) is 0.848. The summed E-state index contributed by atoms with van der Waals surface area (Å²) in [7, 11) is 0. The lowest BCUT2D eigenvalue weighted by Gasteiger charge is -2.19. The molecule has 1 aromatic carbocycles. The molecule has 20 heavy (non-hydrogen) atoms. The number of aromatic nitrogens is 2. The third-order valence-corrected chi connectivity index (χ3v) is 3.82. The van der Waals surface area contributed by atoms with Gasteiger partial charge >= 0.3 is 0 Å². The highest BCUT2D eigenvalue weighted by atomic mass is 35.5. The van der Waals surface area contributed by atoms with Crippen LogP contribution in [0.5, 0.6) is 5.75 Å². The fourth-order valence-corrected chi connectivity index (χ4v) is 2.14. The molecule has 0 atom stereocenters. The van der Waals surface area contributed by atoms with E-state index >= 15 is 0 Å². The van der Waals surface area contributed by atoms with E-state index in [9.17, 15) is 0 Å². The second-order valence-electron chi connectivity index (χ2n) is 5.64. The van der Waals surface area contributed by atoms with Gasteiger partial charge in [-0.15, -0.1) is 0 Å². The van der Waals surface area contributed by atoms with Gasteiger partial charge in [-0.25, -0.2) is 4.98 Å². The lowest BCUT2D eigenvalue weighted by atomic mass is 9.87. The molecule has 0 bridgehead atoms. The van der Waals surface area contributed by atoms with Crippen LogP contribution in [0.1, 0.15) is 26.3 Å². The average molecular weight is 313 g/mol. The Kier molecular flexibility index (Phi) is 4.61. The van der Waals surface area contributed by atoms with Crippen molar-refractivity contribution in [2.45, 2.75) is 32.7 Å². The highest BCUT2D eigenvalue weighted by Gasteiger charge is 2.13. The van der Waals surface area contributed by atoms with Gasteiger partial charge < -0.3 is 9.30 Å². The van der Waals surface area contributed by atoms with Crippen LogP contribution in [0, 0.1) is 0 Å². The largest absolute Gasteiger partial charge is 0.492 e. The molecule has 5 heteroatoms. The number of rotatable bonds is 4. The normalized spacial score (nSPS) is 11.7. The molecule has 3 nitrogen and oxygen atoms in total. The number of nitrogens with zero attached hydrogens (tertiary/aromatic N) is 2. The van der Waals surface area contributed by atoms with Gasteiger partial charge in [0.1, 0.15) is 17.5 Å². The Morgan fingerprint density at radius 3 is 2.30 bits per heavy atom. The van der Waals surface area contributed by atoms with Crippen LogP contribution < -0.4 is 4.74 Å². The maximum absolute atomic E-state index is 5.97. The fourth-order valence-electron chi connectivity index (χ4n) is 1.81. The molecule has 0 fully saturated rings. The molecule has 2 rings (SSSR count). The van der Waals surface area contributed by atoms with E-state index in [4.69, 9.17) is 27.9 Å². The van der Waals surface area contributed by atoms with E-state index in [0.29, 0.717) is 23.5 Å². The zero-order valence-corrected chi connectivity index (χ0v) is 13.4. The molecular formula is C15H18Cl2N2O. The lowest BCUT2D eigenvalue weighted by Crippen LogP contribution is -2.11. The van der Waals surface area contributed by atoms with Gasteiger partial charge in [0.2, 0.25) is 0 Å². The Morgan fingerprint density at radius 1 is 1.15 bits per heavy atom. The number of benzene rings is 1. The Balaban J connectivity index is 1.90. The van der Waals surface area contributed by atoms with E-state index in [0.717, 1.165) is 5.75 Å². The highest BCUT2D eigenvalue weighted by Crippen LogP contribution is 2.24. The van der Waals surface area contributed by atoms with E-state index in [1.54, 1.807) is 10.9 Å². The molecule has 0 aliphatic rings. The standard InChI is InChI=1S/C15H18Cl2N2O/c1-15(2,3)11-4-6-12(7-5-11)20-9-8-19-10-18-13(16)14(19)17/h4-7,10H,8-9H2,1-3H3. The minimum Gasteiger partial charge on any atom is -0.492 e. The van der Waals surface area contributed by atoms with Crippen molar-refractivity contribution in [3.63, 3.8) is 0 Å². The SMILES string of the molecule is CC(C)(C)c1ccc(OCCn2cnc(Cl)c2Cl)cc1. The van der Waals surface area contributed by atoms with Crippen molar-refractivity contribution >= 4 is 23.2 Å². The average Bonchev–Trinajstić information content (AvgIpc) is 2.70. The molecule has 0 radical (unpaired) electrons. The first-order valence-electron chi connectivity index (χ1n) is 6.47. The van der Waals surface area contributed by atoms with Crippen LogP contribution in [0.25, 0.3) is 0 Å². The number of halogens is 2. The van der Waals surface area contributed by atoms with E-state index in [1.807, 2.05) is 12.1 Å². The molecule has 108 valence electrons. The lowest BCUT2D eigenvalue weighted by molar-refractivity contribution is 0.298. The Morgan fingerprint density at radius 2 is 1.80 bits per heavy atom. The molecule has 0 aliphatic heterocycles.